The van der Waals surface area contributed by atoms with Crippen molar-refractivity contribution in [3.63, 3.8) is 0 Å². The molecule has 1 aromatic carbocycles. The third kappa shape index (κ3) is 4.08. The van der Waals surface area contributed by atoms with Crippen LogP contribution in [0, 0.1) is 5.82 Å². The number of anilines is 1. The van der Waals surface area contributed by atoms with E-state index in [0.29, 0.717) is 13.0 Å². The number of sulfonamides is 1. The van der Waals surface area contributed by atoms with Gasteiger partial charge in [-0.25, -0.2) is 12.8 Å². The molecular weight excluding hydrogens is 363 g/mol. The first-order valence-corrected chi connectivity index (χ1v) is 10.4. The lowest BCUT2D eigenvalue weighted by Crippen LogP contribution is -2.45. The number of nitrogens with one attached hydrogen (secondary N) is 1. The second-order valence-electron chi connectivity index (χ2n) is 5.93. The van der Waals surface area contributed by atoms with Crippen LogP contribution in [0.2, 0.25) is 0 Å². The van der Waals surface area contributed by atoms with Crippen LogP contribution >= 0.6 is 11.3 Å². The van der Waals surface area contributed by atoms with Crippen molar-refractivity contribution in [3.8, 4) is 0 Å². The molecule has 0 bridgehead atoms. The zero-order chi connectivity index (χ0) is 17.9. The van der Waals surface area contributed by atoms with Crippen LogP contribution in [0.1, 0.15) is 25.7 Å². The number of piperidine rings is 1. The van der Waals surface area contributed by atoms with E-state index in [1.807, 2.05) is 0 Å². The molecule has 1 aromatic heterocycles. The molecule has 1 saturated heterocycles. The normalized spacial score (nSPS) is 18.8. The van der Waals surface area contributed by atoms with Crippen LogP contribution in [-0.2, 0) is 14.8 Å². The van der Waals surface area contributed by atoms with E-state index in [-0.39, 0.29) is 22.2 Å². The quantitative estimate of drug-likeness (QED) is 0.861. The molecule has 134 valence electrons. The second-order valence-corrected chi connectivity index (χ2v) is 8.99. The van der Waals surface area contributed by atoms with Gasteiger partial charge in [-0.3, -0.25) is 4.79 Å². The van der Waals surface area contributed by atoms with Gasteiger partial charge in [-0.15, -0.1) is 11.3 Å². The van der Waals surface area contributed by atoms with Crippen LogP contribution in [0.15, 0.2) is 46.0 Å². The van der Waals surface area contributed by atoms with Crippen molar-refractivity contribution < 1.29 is 17.6 Å². The SMILES string of the molecule is O=C(C[C@@H]1CCCCN1S(=O)(=O)c1cccs1)Nc1ccccc1F. The minimum absolute atomic E-state index is 0.0128. The molecule has 1 fully saturated rings. The molecule has 0 saturated carbocycles. The highest BCUT2D eigenvalue weighted by Gasteiger charge is 2.35. The largest absolute Gasteiger partial charge is 0.324 e. The van der Waals surface area contributed by atoms with Crippen molar-refractivity contribution in [2.24, 2.45) is 0 Å². The van der Waals surface area contributed by atoms with Gasteiger partial charge in [0, 0.05) is 19.0 Å². The first-order valence-electron chi connectivity index (χ1n) is 8.08. The highest BCUT2D eigenvalue weighted by molar-refractivity contribution is 7.91. The Bertz CT molecular complexity index is 837. The van der Waals surface area contributed by atoms with Gasteiger partial charge in [0.15, 0.2) is 0 Å². The number of nitrogens with zero attached hydrogens (tertiary/aromatic N) is 1. The average molecular weight is 382 g/mol. The molecule has 5 nitrogen and oxygen atoms in total. The number of benzene rings is 1. The van der Waals surface area contributed by atoms with Crippen LogP contribution in [0.4, 0.5) is 10.1 Å². The maximum Gasteiger partial charge on any atom is 0.252 e. The maximum atomic E-state index is 13.7. The standard InChI is InChI=1S/C17H19FN2O3S2/c18-14-7-1-2-8-15(14)19-16(21)12-13-6-3-4-10-20(13)25(22,23)17-9-5-11-24-17/h1-2,5,7-9,11,13H,3-4,6,10,12H2,(H,19,21)/t13-/m0/s1. The van der Waals surface area contributed by atoms with E-state index in [1.165, 1.54) is 27.8 Å². The molecule has 1 atom stereocenters. The second kappa shape index (κ2) is 7.63. The number of amides is 1. The summed E-state index contributed by atoms with van der Waals surface area (Å²) in [6, 6.07) is 8.78. The zero-order valence-electron chi connectivity index (χ0n) is 13.5. The molecule has 1 amide bonds. The molecule has 2 heterocycles. The minimum Gasteiger partial charge on any atom is -0.324 e. The molecule has 2 aromatic rings. The van der Waals surface area contributed by atoms with E-state index in [1.54, 1.807) is 29.6 Å². The molecular formula is C17H19FN2O3S2. The topological polar surface area (TPSA) is 66.5 Å². The van der Waals surface area contributed by atoms with Crippen LogP contribution < -0.4 is 5.32 Å². The van der Waals surface area contributed by atoms with Crippen LogP contribution in [-0.4, -0.2) is 31.2 Å². The summed E-state index contributed by atoms with van der Waals surface area (Å²) < 4.78 is 41.0. The number of carbonyl (C=O) groups excluding carboxylic acids is 1. The Morgan fingerprint density at radius 1 is 1.24 bits per heavy atom. The molecule has 0 spiro atoms. The first-order chi connectivity index (χ1) is 12.0. The van der Waals surface area contributed by atoms with Crippen LogP contribution in [0.5, 0.6) is 0 Å². The van der Waals surface area contributed by atoms with E-state index in [0.717, 1.165) is 12.8 Å². The fourth-order valence-corrected chi connectivity index (χ4v) is 5.81. The summed E-state index contributed by atoms with van der Waals surface area (Å²) in [7, 11) is -3.60. The van der Waals surface area contributed by atoms with Gasteiger partial charge in [-0.05, 0) is 36.4 Å². The Morgan fingerprint density at radius 3 is 2.76 bits per heavy atom. The van der Waals surface area contributed by atoms with E-state index in [9.17, 15) is 17.6 Å². The van der Waals surface area contributed by atoms with E-state index in [2.05, 4.69) is 5.32 Å². The van der Waals surface area contributed by atoms with Gasteiger partial charge in [0.25, 0.3) is 10.0 Å². The summed E-state index contributed by atoms with van der Waals surface area (Å²) >= 11 is 1.17. The van der Waals surface area contributed by atoms with Crippen molar-refractivity contribution in [1.29, 1.82) is 0 Å². The summed E-state index contributed by atoms with van der Waals surface area (Å²) in [5, 5.41) is 4.25. The summed E-state index contributed by atoms with van der Waals surface area (Å²) in [6.45, 7) is 0.401. The van der Waals surface area contributed by atoms with Gasteiger partial charge in [0.05, 0.1) is 5.69 Å². The number of hydrogen-bond donors (Lipinski definition) is 1. The van der Waals surface area contributed by atoms with Crippen molar-refractivity contribution >= 4 is 33.0 Å². The monoisotopic (exact) mass is 382 g/mol. The van der Waals surface area contributed by atoms with Crippen LogP contribution in [0.3, 0.4) is 0 Å². The number of thiophene rings is 1. The van der Waals surface area contributed by atoms with Crippen molar-refractivity contribution in [2.45, 2.75) is 35.9 Å². The summed E-state index contributed by atoms with van der Waals surface area (Å²) in [5.41, 5.74) is 0.107. The molecule has 8 heteroatoms. The smallest absolute Gasteiger partial charge is 0.252 e. The van der Waals surface area contributed by atoms with Crippen LogP contribution in [0.25, 0.3) is 0 Å². The Balaban J connectivity index is 1.73. The fraction of sp³-hybridized carbons (Fsp3) is 0.353. The summed E-state index contributed by atoms with van der Waals surface area (Å²) in [6.07, 6.45) is 2.28. The van der Waals surface area contributed by atoms with Gasteiger partial charge < -0.3 is 5.32 Å². The Labute approximate surface area is 150 Å². The predicted octanol–water partition coefficient (Wildman–Crippen LogP) is 3.46. The lowest BCUT2D eigenvalue weighted by molar-refractivity contribution is -0.117. The third-order valence-corrected chi connectivity index (χ3v) is 7.52. The molecule has 0 unspecified atom stereocenters. The Hall–Kier alpha value is -1.77. The minimum atomic E-state index is -3.60. The first kappa shape index (κ1) is 18.0. The number of para-hydroxylation sites is 1. The Kier molecular flexibility index (Phi) is 5.51. The molecule has 1 aliphatic heterocycles. The number of halogens is 1. The predicted molar refractivity (Wildman–Crippen MR) is 95.5 cm³/mol. The number of hydrogen-bond acceptors (Lipinski definition) is 4. The third-order valence-electron chi connectivity index (χ3n) is 4.20. The number of carbonyl (C=O) groups is 1. The lowest BCUT2D eigenvalue weighted by atomic mass is 10.0. The van der Waals surface area contributed by atoms with E-state index >= 15 is 0 Å². The molecule has 25 heavy (non-hydrogen) atoms. The highest BCUT2D eigenvalue weighted by Crippen LogP contribution is 2.29. The Morgan fingerprint density at radius 2 is 2.04 bits per heavy atom. The van der Waals surface area contributed by atoms with E-state index in [4.69, 9.17) is 0 Å². The highest BCUT2D eigenvalue weighted by atomic mass is 32.2. The molecule has 1 N–H and O–H groups in total. The van der Waals surface area contributed by atoms with Gasteiger partial charge in [-0.2, -0.15) is 4.31 Å². The molecule has 1 aliphatic rings. The van der Waals surface area contributed by atoms with Crippen molar-refractivity contribution in [2.75, 3.05) is 11.9 Å². The molecule has 0 aliphatic carbocycles. The van der Waals surface area contributed by atoms with Gasteiger partial charge in [0.1, 0.15) is 10.0 Å². The van der Waals surface area contributed by atoms with E-state index < -0.39 is 21.9 Å². The van der Waals surface area contributed by atoms with Gasteiger partial charge in [-0.1, -0.05) is 24.6 Å². The van der Waals surface area contributed by atoms with Crippen molar-refractivity contribution in [1.82, 2.24) is 4.31 Å². The maximum absolute atomic E-state index is 13.7. The number of rotatable bonds is 5. The molecule has 3 rings (SSSR count). The van der Waals surface area contributed by atoms with Crippen molar-refractivity contribution in [3.05, 3.63) is 47.6 Å². The summed E-state index contributed by atoms with van der Waals surface area (Å²) in [4.78, 5) is 12.3. The zero-order valence-corrected chi connectivity index (χ0v) is 15.2. The fourth-order valence-electron chi connectivity index (χ4n) is 3.00. The van der Waals surface area contributed by atoms with Gasteiger partial charge >= 0.3 is 0 Å². The molecule has 0 radical (unpaired) electrons. The summed E-state index contributed by atoms with van der Waals surface area (Å²) in [5.74, 6) is -0.897. The van der Waals surface area contributed by atoms with Gasteiger partial charge in [0.2, 0.25) is 5.91 Å². The average Bonchev–Trinajstić information content (AvgIpc) is 3.13. The lowest BCUT2D eigenvalue weighted by Gasteiger charge is -2.34.